The van der Waals surface area contributed by atoms with E-state index in [4.69, 9.17) is 4.74 Å². The smallest absolute Gasteiger partial charge is 0.265 e. The number of methoxy groups -OCH3 is 1. The van der Waals surface area contributed by atoms with Crippen LogP contribution in [0, 0.1) is 0 Å². The second-order valence-electron chi connectivity index (χ2n) is 8.61. The van der Waals surface area contributed by atoms with E-state index >= 15 is 0 Å². The van der Waals surface area contributed by atoms with Crippen molar-refractivity contribution in [2.75, 3.05) is 17.1 Å². The number of ether oxygens (including phenoxy) is 1. The fourth-order valence-electron chi connectivity index (χ4n) is 4.81. The zero-order chi connectivity index (χ0) is 23.2. The van der Waals surface area contributed by atoms with Gasteiger partial charge in [0.25, 0.3) is 10.0 Å². The molecular formula is C25H25N3O4S. The lowest BCUT2D eigenvalue weighted by Crippen LogP contribution is -2.40. The Morgan fingerprint density at radius 1 is 1.12 bits per heavy atom. The fraction of sp³-hybridized carbons (Fsp3) is 0.280. The van der Waals surface area contributed by atoms with Crippen molar-refractivity contribution >= 4 is 27.3 Å². The molecule has 0 saturated heterocycles. The van der Waals surface area contributed by atoms with Gasteiger partial charge in [-0.1, -0.05) is 31.5 Å². The first-order valence-electron chi connectivity index (χ1n) is 10.9. The third-order valence-corrected chi connectivity index (χ3v) is 8.19. The van der Waals surface area contributed by atoms with Crippen molar-refractivity contribution in [3.8, 4) is 5.75 Å². The second-order valence-corrected chi connectivity index (χ2v) is 10.3. The molecule has 5 rings (SSSR count). The molecule has 2 heterocycles. The normalized spacial score (nSPS) is 17.1. The van der Waals surface area contributed by atoms with Gasteiger partial charge in [0.1, 0.15) is 10.6 Å². The van der Waals surface area contributed by atoms with E-state index in [1.807, 2.05) is 25.1 Å². The summed E-state index contributed by atoms with van der Waals surface area (Å²) in [6.07, 6.45) is 4.21. The van der Waals surface area contributed by atoms with E-state index in [1.165, 1.54) is 13.2 Å². The Kier molecular flexibility index (Phi) is 5.12. The number of sulfonamides is 1. The number of benzene rings is 2. The van der Waals surface area contributed by atoms with E-state index < -0.39 is 15.4 Å². The Labute approximate surface area is 193 Å². The zero-order valence-corrected chi connectivity index (χ0v) is 19.3. The summed E-state index contributed by atoms with van der Waals surface area (Å²) in [5.74, 6) is 0.106. The molecule has 1 spiro atoms. The molecule has 2 aliphatic rings. The highest BCUT2D eigenvalue weighted by Crippen LogP contribution is 2.54. The van der Waals surface area contributed by atoms with Crippen molar-refractivity contribution in [3.63, 3.8) is 0 Å². The lowest BCUT2D eigenvalue weighted by Gasteiger charge is -2.36. The molecule has 1 aromatic heterocycles. The number of pyridine rings is 1. The molecule has 1 aliphatic carbocycles. The summed E-state index contributed by atoms with van der Waals surface area (Å²) >= 11 is 0. The molecule has 1 saturated carbocycles. The van der Waals surface area contributed by atoms with Gasteiger partial charge < -0.3 is 10.1 Å². The molecule has 1 amide bonds. The number of nitrogens with zero attached hydrogens (tertiary/aromatic N) is 1. The van der Waals surface area contributed by atoms with Crippen molar-refractivity contribution in [1.82, 2.24) is 4.98 Å². The number of hydrogen-bond acceptors (Lipinski definition) is 5. The van der Waals surface area contributed by atoms with Crippen molar-refractivity contribution in [2.45, 2.75) is 42.4 Å². The molecule has 2 N–H and O–H groups in total. The second kappa shape index (κ2) is 7.88. The molecule has 2 aromatic carbocycles. The van der Waals surface area contributed by atoms with Crippen molar-refractivity contribution < 1.29 is 17.9 Å². The average molecular weight is 464 g/mol. The van der Waals surface area contributed by atoms with E-state index in [2.05, 4.69) is 15.0 Å². The average Bonchev–Trinajstić information content (AvgIpc) is 3.10. The fourth-order valence-corrected chi connectivity index (χ4v) is 6.02. The number of rotatable bonds is 6. The standard InChI is InChI=1S/C25H25N3O4S/c1-16(20-8-5-6-13-26-20)18-14-17(15-19-23(18)27-24(29)25(19)11-7-12-25)28-33(30,31)22-10-4-3-9-21(22)32-2/h3-6,8-10,13-16,28H,7,11-12H2,1-2H3,(H,27,29). The van der Waals surface area contributed by atoms with Gasteiger partial charge in [0.05, 0.1) is 12.5 Å². The van der Waals surface area contributed by atoms with Gasteiger partial charge in [0, 0.05) is 29.2 Å². The zero-order valence-electron chi connectivity index (χ0n) is 18.5. The Morgan fingerprint density at radius 2 is 1.88 bits per heavy atom. The first kappa shape index (κ1) is 21.5. The monoisotopic (exact) mass is 463 g/mol. The van der Waals surface area contributed by atoms with E-state index in [9.17, 15) is 13.2 Å². The van der Waals surface area contributed by atoms with Crippen LogP contribution in [0.5, 0.6) is 5.75 Å². The molecule has 3 aromatic rings. The van der Waals surface area contributed by atoms with Crippen molar-refractivity contribution in [2.24, 2.45) is 0 Å². The summed E-state index contributed by atoms with van der Waals surface area (Å²) in [7, 11) is -2.48. The van der Waals surface area contributed by atoms with Crippen LogP contribution in [-0.2, 0) is 20.2 Å². The van der Waals surface area contributed by atoms with Crippen LogP contribution in [0.15, 0.2) is 65.7 Å². The van der Waals surface area contributed by atoms with Crippen LogP contribution in [0.4, 0.5) is 11.4 Å². The molecule has 0 bridgehead atoms. The molecule has 1 atom stereocenters. The lowest BCUT2D eigenvalue weighted by molar-refractivity contribution is -0.123. The molecule has 1 unspecified atom stereocenters. The largest absolute Gasteiger partial charge is 0.495 e. The number of para-hydroxylation sites is 1. The number of anilines is 2. The summed E-state index contributed by atoms with van der Waals surface area (Å²) in [4.78, 5) is 17.5. The number of hydrogen-bond donors (Lipinski definition) is 2. The summed E-state index contributed by atoms with van der Waals surface area (Å²) in [5, 5.41) is 3.09. The number of fused-ring (bicyclic) bond motifs is 2. The molecule has 0 radical (unpaired) electrons. The van der Waals surface area contributed by atoms with Gasteiger partial charge in [-0.3, -0.25) is 14.5 Å². The van der Waals surface area contributed by atoms with E-state index in [0.29, 0.717) is 5.69 Å². The Bertz CT molecular complexity index is 1340. The Balaban J connectivity index is 1.63. The van der Waals surface area contributed by atoms with E-state index in [-0.39, 0.29) is 22.5 Å². The van der Waals surface area contributed by atoms with Crippen LogP contribution in [0.1, 0.15) is 48.9 Å². The molecule has 7 nitrogen and oxygen atoms in total. The quantitative estimate of drug-likeness (QED) is 0.564. The summed E-state index contributed by atoms with van der Waals surface area (Å²) in [6.45, 7) is 2.01. The van der Waals surface area contributed by atoms with Gasteiger partial charge in [-0.2, -0.15) is 0 Å². The maximum atomic E-state index is 13.3. The molecule has 1 fully saturated rings. The first-order chi connectivity index (χ1) is 15.9. The van der Waals surface area contributed by atoms with Gasteiger partial charge >= 0.3 is 0 Å². The first-order valence-corrected chi connectivity index (χ1v) is 12.4. The van der Waals surface area contributed by atoms with Crippen LogP contribution in [0.3, 0.4) is 0 Å². The SMILES string of the molecule is COc1ccccc1S(=O)(=O)Nc1cc(C(C)c2ccccn2)c2c(c1)C1(CCC1)C(=O)N2. The van der Waals surface area contributed by atoms with Crippen LogP contribution in [-0.4, -0.2) is 26.4 Å². The predicted molar refractivity (Wildman–Crippen MR) is 126 cm³/mol. The highest BCUT2D eigenvalue weighted by atomic mass is 32.2. The van der Waals surface area contributed by atoms with E-state index in [1.54, 1.807) is 36.5 Å². The third kappa shape index (κ3) is 3.45. The molecule has 1 aliphatic heterocycles. The topological polar surface area (TPSA) is 97.4 Å². The summed E-state index contributed by atoms with van der Waals surface area (Å²) in [5.41, 5.74) is 3.14. The predicted octanol–water partition coefficient (Wildman–Crippen LogP) is 4.42. The summed E-state index contributed by atoms with van der Waals surface area (Å²) in [6, 6.07) is 15.8. The van der Waals surface area contributed by atoms with Crippen LogP contribution in [0.25, 0.3) is 0 Å². The molecule has 33 heavy (non-hydrogen) atoms. The maximum Gasteiger partial charge on any atom is 0.265 e. The highest BCUT2D eigenvalue weighted by Gasteiger charge is 2.52. The van der Waals surface area contributed by atoms with Gasteiger partial charge in [-0.15, -0.1) is 0 Å². The van der Waals surface area contributed by atoms with E-state index in [0.717, 1.165) is 41.8 Å². The third-order valence-electron chi connectivity index (χ3n) is 6.77. The molecule has 170 valence electrons. The van der Waals surface area contributed by atoms with Crippen molar-refractivity contribution in [3.05, 3.63) is 77.6 Å². The van der Waals surface area contributed by atoms with Gasteiger partial charge in [0.15, 0.2) is 0 Å². The van der Waals surface area contributed by atoms with Crippen LogP contribution >= 0.6 is 0 Å². The number of amides is 1. The van der Waals surface area contributed by atoms with Gasteiger partial charge in [0.2, 0.25) is 5.91 Å². The van der Waals surface area contributed by atoms with Gasteiger partial charge in [-0.25, -0.2) is 8.42 Å². The summed E-state index contributed by atoms with van der Waals surface area (Å²) < 4.78 is 34.5. The minimum atomic E-state index is -3.92. The van der Waals surface area contributed by atoms with Crippen molar-refractivity contribution in [1.29, 1.82) is 0 Å². The molecular weight excluding hydrogens is 438 g/mol. The highest BCUT2D eigenvalue weighted by molar-refractivity contribution is 7.92. The minimum absolute atomic E-state index is 0.0112. The minimum Gasteiger partial charge on any atom is -0.495 e. The number of carbonyl (C=O) groups is 1. The number of nitrogens with one attached hydrogen (secondary N) is 2. The van der Waals surface area contributed by atoms with Crippen LogP contribution in [0.2, 0.25) is 0 Å². The molecule has 8 heteroatoms. The lowest BCUT2D eigenvalue weighted by atomic mass is 9.65. The Hall–Kier alpha value is -3.39. The van der Waals surface area contributed by atoms with Crippen LogP contribution < -0.4 is 14.8 Å². The number of carbonyl (C=O) groups excluding carboxylic acids is 1. The number of aromatic nitrogens is 1. The van der Waals surface area contributed by atoms with Gasteiger partial charge in [-0.05, 0) is 60.4 Å². The Morgan fingerprint density at radius 3 is 2.55 bits per heavy atom. The maximum absolute atomic E-state index is 13.3.